The van der Waals surface area contributed by atoms with Crippen LogP contribution in [0.5, 0.6) is 0 Å². The molecular weight excluding hydrogens is 669 g/mol. The summed E-state index contributed by atoms with van der Waals surface area (Å²) in [6.07, 6.45) is 1.81. The van der Waals surface area contributed by atoms with Crippen molar-refractivity contribution >= 4 is 71.3 Å². The van der Waals surface area contributed by atoms with Gasteiger partial charge in [0.25, 0.3) is 0 Å². The van der Waals surface area contributed by atoms with Crippen molar-refractivity contribution in [1.82, 2.24) is 0 Å². The van der Waals surface area contributed by atoms with Crippen molar-refractivity contribution in [2.45, 2.75) is 6.92 Å². The molecule has 2 nitrogen and oxygen atoms in total. The quantitative estimate of drug-likeness (QED) is 0.167. The van der Waals surface area contributed by atoms with Crippen LogP contribution in [0.2, 0.25) is 0 Å². The molecule has 0 aliphatic carbocycles. The SMILES string of the molecule is C=Cc1oc2cc(-c3ccc4cc(-c5c6ccccc6c(-c6ccccc6)c6ccccc56)ccc4c3)ccc2c1-c1c(C)ccc2c1oc1ccccc12. The van der Waals surface area contributed by atoms with Crippen LogP contribution >= 0.6 is 0 Å². The fourth-order valence-electron chi connectivity index (χ4n) is 8.83. The van der Waals surface area contributed by atoms with Crippen LogP contribution in [-0.2, 0) is 0 Å². The molecule has 0 saturated heterocycles. The average molecular weight is 703 g/mol. The number of rotatable bonds is 5. The van der Waals surface area contributed by atoms with E-state index in [0.29, 0.717) is 0 Å². The van der Waals surface area contributed by atoms with Gasteiger partial charge in [0.1, 0.15) is 22.5 Å². The van der Waals surface area contributed by atoms with Crippen molar-refractivity contribution in [2.75, 3.05) is 0 Å². The Kier molecular flexibility index (Phi) is 6.96. The zero-order valence-electron chi connectivity index (χ0n) is 30.3. The standard InChI is InChI=1S/C53H34O2/c1-3-46-52(49-32(2)21-27-44-39-15-11-12-20-47(39)55-53(44)49)45-28-26-37(31-48(45)54-46)35-22-23-36-30-38(25-24-34(36)29-35)51-42-18-9-7-16-40(42)50(33-13-5-4-6-14-33)41-17-8-10-19-43(41)51/h3-31H,1H2,2H3. The van der Waals surface area contributed by atoms with Crippen LogP contribution in [0, 0.1) is 6.92 Å². The molecule has 0 radical (unpaired) electrons. The van der Waals surface area contributed by atoms with Crippen molar-refractivity contribution in [3.05, 3.63) is 188 Å². The number of benzene rings is 9. The molecule has 55 heavy (non-hydrogen) atoms. The van der Waals surface area contributed by atoms with E-state index in [2.05, 4.69) is 171 Å². The van der Waals surface area contributed by atoms with Crippen LogP contribution in [0.25, 0.3) is 116 Å². The number of furan rings is 2. The van der Waals surface area contributed by atoms with Crippen LogP contribution in [0.4, 0.5) is 0 Å². The second-order valence-electron chi connectivity index (χ2n) is 14.5. The molecule has 0 saturated carbocycles. The second kappa shape index (κ2) is 12.2. The minimum Gasteiger partial charge on any atom is -0.456 e. The van der Waals surface area contributed by atoms with Crippen molar-refractivity contribution in [3.63, 3.8) is 0 Å². The Hall–Kier alpha value is -7.16. The summed E-state index contributed by atoms with van der Waals surface area (Å²) in [5, 5.41) is 10.7. The minimum atomic E-state index is 0.742. The molecule has 2 heteroatoms. The smallest absolute Gasteiger partial charge is 0.143 e. The molecule has 11 aromatic rings. The lowest BCUT2D eigenvalue weighted by Gasteiger charge is -2.18. The first-order valence-corrected chi connectivity index (χ1v) is 18.8. The summed E-state index contributed by atoms with van der Waals surface area (Å²) in [6.45, 7) is 6.27. The highest BCUT2D eigenvalue weighted by Crippen LogP contribution is 2.46. The summed E-state index contributed by atoms with van der Waals surface area (Å²) >= 11 is 0. The molecule has 0 N–H and O–H groups in total. The molecule has 0 aliphatic heterocycles. The second-order valence-corrected chi connectivity index (χ2v) is 14.5. The lowest BCUT2D eigenvalue weighted by Crippen LogP contribution is -1.90. The summed E-state index contributed by atoms with van der Waals surface area (Å²) in [6, 6.07) is 61.1. The highest BCUT2D eigenvalue weighted by Gasteiger charge is 2.22. The Bertz CT molecular complexity index is 3280. The van der Waals surface area contributed by atoms with Gasteiger partial charge in [-0.15, -0.1) is 0 Å². The molecule has 0 bridgehead atoms. The zero-order valence-corrected chi connectivity index (χ0v) is 30.3. The van der Waals surface area contributed by atoms with E-state index >= 15 is 0 Å². The van der Waals surface area contributed by atoms with Gasteiger partial charge in [0.05, 0.1) is 0 Å². The van der Waals surface area contributed by atoms with E-state index in [0.717, 1.165) is 66.5 Å². The predicted octanol–water partition coefficient (Wildman–Crippen LogP) is 15.4. The van der Waals surface area contributed by atoms with Gasteiger partial charge >= 0.3 is 0 Å². The number of para-hydroxylation sites is 1. The molecule has 0 spiro atoms. The monoisotopic (exact) mass is 702 g/mol. The average Bonchev–Trinajstić information content (AvgIpc) is 3.80. The Labute approximate surface area is 318 Å². The number of hydrogen-bond donors (Lipinski definition) is 0. The normalized spacial score (nSPS) is 11.8. The highest BCUT2D eigenvalue weighted by atomic mass is 16.3. The third-order valence-electron chi connectivity index (χ3n) is 11.4. The van der Waals surface area contributed by atoms with Crippen LogP contribution in [0.1, 0.15) is 11.3 Å². The fraction of sp³-hybridized carbons (Fsp3) is 0.0189. The van der Waals surface area contributed by atoms with Crippen LogP contribution in [0.3, 0.4) is 0 Å². The maximum Gasteiger partial charge on any atom is 0.143 e. The van der Waals surface area contributed by atoms with Gasteiger partial charge in [-0.1, -0.05) is 146 Å². The van der Waals surface area contributed by atoms with Crippen molar-refractivity contribution in [3.8, 4) is 44.5 Å². The van der Waals surface area contributed by atoms with Crippen molar-refractivity contribution in [1.29, 1.82) is 0 Å². The van der Waals surface area contributed by atoms with Crippen molar-refractivity contribution in [2.24, 2.45) is 0 Å². The molecular formula is C53H34O2. The van der Waals surface area contributed by atoms with Gasteiger partial charge in [0.15, 0.2) is 0 Å². The third-order valence-corrected chi connectivity index (χ3v) is 11.4. The summed E-state index contributed by atoms with van der Waals surface area (Å²) in [4.78, 5) is 0. The van der Waals surface area contributed by atoms with Gasteiger partial charge in [0.2, 0.25) is 0 Å². The Morgan fingerprint density at radius 2 is 0.927 bits per heavy atom. The van der Waals surface area contributed by atoms with E-state index in [4.69, 9.17) is 8.83 Å². The van der Waals surface area contributed by atoms with Crippen molar-refractivity contribution < 1.29 is 8.83 Å². The van der Waals surface area contributed by atoms with Gasteiger partial charge in [-0.05, 0) is 115 Å². The first-order chi connectivity index (χ1) is 27.1. The lowest BCUT2D eigenvalue weighted by molar-refractivity contribution is 0.605. The Balaban J connectivity index is 1.02. The topological polar surface area (TPSA) is 26.3 Å². The van der Waals surface area contributed by atoms with Gasteiger partial charge in [-0.3, -0.25) is 0 Å². The van der Waals surface area contributed by atoms with E-state index in [1.807, 2.05) is 18.2 Å². The van der Waals surface area contributed by atoms with E-state index in [-0.39, 0.29) is 0 Å². The van der Waals surface area contributed by atoms with Gasteiger partial charge in [-0.25, -0.2) is 0 Å². The largest absolute Gasteiger partial charge is 0.456 e. The molecule has 9 aromatic carbocycles. The molecule has 0 aliphatic rings. The molecule has 258 valence electrons. The van der Waals surface area contributed by atoms with Crippen LogP contribution < -0.4 is 0 Å². The molecule has 0 amide bonds. The van der Waals surface area contributed by atoms with Crippen LogP contribution in [-0.4, -0.2) is 0 Å². The van der Waals surface area contributed by atoms with Gasteiger partial charge < -0.3 is 8.83 Å². The van der Waals surface area contributed by atoms with E-state index in [1.165, 1.54) is 54.6 Å². The summed E-state index contributed by atoms with van der Waals surface area (Å²) in [5.74, 6) is 0.742. The summed E-state index contributed by atoms with van der Waals surface area (Å²) < 4.78 is 13.0. The molecule has 0 unspecified atom stereocenters. The molecule has 0 fully saturated rings. The molecule has 11 rings (SSSR count). The van der Waals surface area contributed by atoms with Crippen LogP contribution in [0.15, 0.2) is 185 Å². The van der Waals surface area contributed by atoms with Gasteiger partial charge in [0, 0.05) is 27.3 Å². The predicted molar refractivity (Wildman–Crippen MR) is 233 cm³/mol. The first kappa shape index (κ1) is 31.4. The summed E-state index contributed by atoms with van der Waals surface area (Å²) in [7, 11) is 0. The maximum atomic E-state index is 6.54. The van der Waals surface area contributed by atoms with E-state index in [1.54, 1.807) is 0 Å². The Morgan fingerprint density at radius 3 is 1.62 bits per heavy atom. The molecule has 2 aromatic heterocycles. The highest BCUT2D eigenvalue weighted by molar-refractivity contribution is 6.22. The summed E-state index contributed by atoms with van der Waals surface area (Å²) in [5.41, 5.74) is 13.0. The van der Waals surface area contributed by atoms with Gasteiger partial charge in [-0.2, -0.15) is 0 Å². The molecule has 2 heterocycles. The third kappa shape index (κ3) is 4.82. The number of fused-ring (bicyclic) bond motifs is 7. The zero-order chi connectivity index (χ0) is 36.6. The lowest BCUT2D eigenvalue weighted by atomic mass is 9.85. The number of aryl methyl sites for hydroxylation is 1. The fourth-order valence-corrected chi connectivity index (χ4v) is 8.83. The Morgan fingerprint density at radius 1 is 0.382 bits per heavy atom. The van der Waals surface area contributed by atoms with E-state index in [9.17, 15) is 0 Å². The molecule has 0 atom stereocenters. The first-order valence-electron chi connectivity index (χ1n) is 18.8. The number of hydrogen-bond acceptors (Lipinski definition) is 2. The minimum absolute atomic E-state index is 0.742. The van der Waals surface area contributed by atoms with E-state index < -0.39 is 0 Å². The maximum absolute atomic E-state index is 6.54.